The van der Waals surface area contributed by atoms with E-state index in [9.17, 15) is 28.8 Å². The van der Waals surface area contributed by atoms with Crippen LogP contribution in [0.2, 0.25) is 0 Å². The van der Waals surface area contributed by atoms with Gasteiger partial charge < -0.3 is 29.5 Å². The van der Waals surface area contributed by atoms with Gasteiger partial charge in [0, 0.05) is 24.7 Å². The van der Waals surface area contributed by atoms with Crippen LogP contribution in [0.5, 0.6) is 5.75 Å². The Kier molecular flexibility index (Phi) is 13.5. The first-order valence-electron chi connectivity index (χ1n) is 15.9. The SMILES string of the molecule is C=CC(=O)OCC(C)(C)C(=O)C(=O)N1CCCCC1C(=O)O[C@H](CCc1ccc(C)c(OC)c1)c1cccc(NC(=O)CCC(=O)O)c1. The molecule has 48 heavy (non-hydrogen) atoms. The molecule has 1 heterocycles. The highest BCUT2D eigenvalue weighted by Crippen LogP contribution is 2.30. The fourth-order valence-corrected chi connectivity index (χ4v) is 5.31. The third kappa shape index (κ3) is 10.5. The molecule has 2 N–H and O–H groups in total. The van der Waals surface area contributed by atoms with E-state index in [0.717, 1.165) is 23.0 Å². The third-order valence-electron chi connectivity index (χ3n) is 8.12. The van der Waals surface area contributed by atoms with Crippen molar-refractivity contribution < 1.29 is 48.1 Å². The molecular weight excluding hydrogens is 620 g/mol. The molecule has 2 aromatic carbocycles. The highest BCUT2D eigenvalue weighted by atomic mass is 16.5. The van der Waals surface area contributed by atoms with Gasteiger partial charge in [0.05, 0.1) is 18.9 Å². The summed E-state index contributed by atoms with van der Waals surface area (Å²) in [6.45, 7) is 8.09. The Hall–Kier alpha value is -5.00. The highest BCUT2D eigenvalue weighted by molar-refractivity contribution is 6.38. The lowest BCUT2D eigenvalue weighted by Gasteiger charge is -2.36. The van der Waals surface area contributed by atoms with Crippen molar-refractivity contribution >= 4 is 41.2 Å². The minimum atomic E-state index is -1.34. The predicted octanol–water partition coefficient (Wildman–Crippen LogP) is 4.73. The van der Waals surface area contributed by atoms with E-state index in [1.165, 1.54) is 18.7 Å². The fraction of sp³-hybridized carbons (Fsp3) is 0.444. The average molecular weight is 665 g/mol. The van der Waals surface area contributed by atoms with E-state index in [4.69, 9.17) is 19.3 Å². The molecule has 0 aromatic heterocycles. The lowest BCUT2D eigenvalue weighted by atomic mass is 9.87. The molecule has 3 rings (SSSR count). The van der Waals surface area contributed by atoms with Crippen LogP contribution in [0.1, 0.15) is 75.2 Å². The number of nitrogens with one attached hydrogen (secondary N) is 1. The Balaban J connectivity index is 1.85. The number of aryl methyl sites for hydroxylation is 2. The van der Waals surface area contributed by atoms with Gasteiger partial charge in [0.15, 0.2) is 0 Å². The molecular formula is C36H44N2O10. The van der Waals surface area contributed by atoms with Crippen LogP contribution in [0.3, 0.4) is 0 Å². The summed E-state index contributed by atoms with van der Waals surface area (Å²) < 4.78 is 16.6. The summed E-state index contributed by atoms with van der Waals surface area (Å²) >= 11 is 0. The van der Waals surface area contributed by atoms with Crippen molar-refractivity contribution in [1.82, 2.24) is 4.90 Å². The molecule has 258 valence electrons. The summed E-state index contributed by atoms with van der Waals surface area (Å²) in [5.41, 5.74) is 1.55. The number of piperidine rings is 1. The summed E-state index contributed by atoms with van der Waals surface area (Å²) in [6.07, 6.45) is 2.01. The molecule has 0 bridgehead atoms. The van der Waals surface area contributed by atoms with E-state index in [1.807, 2.05) is 25.1 Å². The summed E-state index contributed by atoms with van der Waals surface area (Å²) in [5, 5.41) is 11.6. The second kappa shape index (κ2) is 17.2. The zero-order valence-corrected chi connectivity index (χ0v) is 27.9. The van der Waals surface area contributed by atoms with E-state index in [2.05, 4.69) is 11.9 Å². The van der Waals surface area contributed by atoms with Crippen LogP contribution < -0.4 is 10.1 Å². The maximum Gasteiger partial charge on any atom is 0.330 e. The molecule has 2 aromatic rings. The molecule has 2 amide bonds. The number of benzene rings is 2. The van der Waals surface area contributed by atoms with Crippen molar-refractivity contribution in [1.29, 1.82) is 0 Å². The van der Waals surface area contributed by atoms with Gasteiger partial charge in [-0.2, -0.15) is 0 Å². The number of carboxylic acids is 1. The van der Waals surface area contributed by atoms with Gasteiger partial charge in [-0.15, -0.1) is 0 Å². The molecule has 0 saturated carbocycles. The number of likely N-dealkylation sites (tertiary alicyclic amines) is 1. The van der Waals surface area contributed by atoms with E-state index < -0.39 is 53.1 Å². The second-order valence-electron chi connectivity index (χ2n) is 12.4. The van der Waals surface area contributed by atoms with E-state index in [-0.39, 0.29) is 26.0 Å². The number of hydrogen-bond acceptors (Lipinski definition) is 9. The summed E-state index contributed by atoms with van der Waals surface area (Å²) in [5.74, 6) is -3.89. The van der Waals surface area contributed by atoms with Crippen molar-refractivity contribution in [2.24, 2.45) is 5.41 Å². The van der Waals surface area contributed by atoms with Crippen LogP contribution in [-0.2, 0) is 44.7 Å². The molecule has 1 aliphatic rings. The van der Waals surface area contributed by atoms with Gasteiger partial charge in [-0.1, -0.05) is 30.8 Å². The molecule has 1 aliphatic heterocycles. The smallest absolute Gasteiger partial charge is 0.330 e. The monoisotopic (exact) mass is 664 g/mol. The second-order valence-corrected chi connectivity index (χ2v) is 12.4. The topological polar surface area (TPSA) is 166 Å². The molecule has 1 unspecified atom stereocenters. The molecule has 12 heteroatoms. The Morgan fingerprint density at radius 2 is 1.83 bits per heavy atom. The third-order valence-corrected chi connectivity index (χ3v) is 8.12. The predicted molar refractivity (Wildman–Crippen MR) is 176 cm³/mol. The summed E-state index contributed by atoms with van der Waals surface area (Å²) in [4.78, 5) is 76.7. The standard InChI is InChI=1S/C36H44N2O10/c1-6-32(42)47-22-36(3,4)33(43)34(44)38-19-8-7-12-27(38)35(45)48-28(16-15-24-14-13-23(2)29(20-24)46-5)25-10-9-11-26(21-25)37-30(39)17-18-31(40)41/h6,9-11,13-14,20-21,27-28H,1,7-8,12,15-19,22H2,2-5H3,(H,37,39)(H,40,41)/t27?,28-/m1/s1. The zero-order chi connectivity index (χ0) is 35.4. The minimum Gasteiger partial charge on any atom is -0.496 e. The number of Topliss-reactive ketones (excluding diaryl/α,β-unsaturated/α-hetero) is 1. The largest absolute Gasteiger partial charge is 0.496 e. The number of ketones is 1. The van der Waals surface area contributed by atoms with Gasteiger partial charge >= 0.3 is 17.9 Å². The van der Waals surface area contributed by atoms with Crippen LogP contribution in [0.15, 0.2) is 55.1 Å². The average Bonchev–Trinajstić information content (AvgIpc) is 3.07. The molecule has 0 aliphatic carbocycles. The van der Waals surface area contributed by atoms with Crippen LogP contribution in [0.25, 0.3) is 0 Å². The van der Waals surface area contributed by atoms with E-state index in [0.29, 0.717) is 43.4 Å². The Labute approximate surface area is 280 Å². The Morgan fingerprint density at radius 1 is 1.08 bits per heavy atom. The zero-order valence-electron chi connectivity index (χ0n) is 27.9. The number of anilines is 1. The van der Waals surface area contributed by atoms with Gasteiger partial charge in [0.2, 0.25) is 11.7 Å². The molecule has 0 spiro atoms. The number of carboxylic acid groups (broad SMARTS) is 1. The van der Waals surface area contributed by atoms with Crippen molar-refractivity contribution in [2.75, 3.05) is 25.6 Å². The van der Waals surface area contributed by atoms with Crippen molar-refractivity contribution in [2.45, 2.75) is 77.9 Å². The van der Waals surface area contributed by atoms with Crippen molar-refractivity contribution in [3.05, 3.63) is 71.8 Å². The summed E-state index contributed by atoms with van der Waals surface area (Å²) in [6, 6.07) is 11.5. The van der Waals surface area contributed by atoms with Crippen molar-refractivity contribution in [3.8, 4) is 5.75 Å². The number of carbonyl (C=O) groups excluding carboxylic acids is 5. The Morgan fingerprint density at radius 3 is 2.52 bits per heavy atom. The number of ether oxygens (including phenoxy) is 3. The van der Waals surface area contributed by atoms with Gasteiger partial charge in [0.25, 0.3) is 5.91 Å². The maximum absolute atomic E-state index is 13.8. The number of methoxy groups -OCH3 is 1. The van der Waals surface area contributed by atoms with Gasteiger partial charge in [-0.3, -0.25) is 19.2 Å². The van der Waals surface area contributed by atoms with Crippen LogP contribution >= 0.6 is 0 Å². The van der Waals surface area contributed by atoms with Crippen LogP contribution in [-0.4, -0.2) is 71.8 Å². The minimum absolute atomic E-state index is 0.179. The first kappa shape index (κ1) is 37.5. The van der Waals surface area contributed by atoms with Gasteiger partial charge in [-0.25, -0.2) is 9.59 Å². The summed E-state index contributed by atoms with van der Waals surface area (Å²) in [7, 11) is 1.59. The van der Waals surface area contributed by atoms with Gasteiger partial charge in [-0.05, 0) is 87.8 Å². The molecule has 0 radical (unpaired) electrons. The van der Waals surface area contributed by atoms with Crippen molar-refractivity contribution in [3.63, 3.8) is 0 Å². The molecule has 2 atom stereocenters. The lowest BCUT2D eigenvalue weighted by molar-refractivity contribution is -0.165. The van der Waals surface area contributed by atoms with Crippen LogP contribution in [0.4, 0.5) is 5.69 Å². The van der Waals surface area contributed by atoms with E-state index >= 15 is 0 Å². The number of esters is 2. The number of amides is 2. The highest BCUT2D eigenvalue weighted by Gasteiger charge is 2.42. The van der Waals surface area contributed by atoms with Gasteiger partial charge in [0.1, 0.15) is 24.5 Å². The number of nitrogens with zero attached hydrogens (tertiary/aromatic N) is 1. The number of hydrogen-bond donors (Lipinski definition) is 2. The quantitative estimate of drug-likeness (QED) is 0.146. The molecule has 1 saturated heterocycles. The fourth-order valence-electron chi connectivity index (χ4n) is 5.31. The van der Waals surface area contributed by atoms with E-state index in [1.54, 1.807) is 31.4 Å². The lowest BCUT2D eigenvalue weighted by Crippen LogP contribution is -2.53. The molecule has 1 fully saturated rings. The number of rotatable bonds is 16. The Bertz CT molecular complexity index is 1530. The molecule has 12 nitrogen and oxygen atoms in total. The first-order valence-corrected chi connectivity index (χ1v) is 15.9. The van der Waals surface area contributed by atoms with Crippen LogP contribution in [0, 0.1) is 12.3 Å². The maximum atomic E-state index is 13.8. The number of aliphatic carboxylic acids is 1. The number of carbonyl (C=O) groups is 6. The first-order chi connectivity index (χ1) is 22.7. The normalized spacial score (nSPS) is 15.1.